The number of hydrogen-bond donors (Lipinski definition) is 3. The van der Waals surface area contributed by atoms with Gasteiger partial charge in [0.15, 0.2) is 18.9 Å². The number of H-pyrrole nitrogens is 1. The molecular formula is C11H15N2O7P. The summed E-state index contributed by atoms with van der Waals surface area (Å²) in [4.78, 5) is 42.8. The van der Waals surface area contributed by atoms with E-state index < -0.39 is 37.7 Å². The van der Waals surface area contributed by atoms with Crippen LogP contribution < -0.4 is 11.2 Å². The second-order valence-corrected chi connectivity index (χ2v) is 6.00. The Morgan fingerprint density at radius 2 is 2.14 bits per heavy atom. The summed E-state index contributed by atoms with van der Waals surface area (Å²) in [7, 11) is -4.29. The predicted molar refractivity (Wildman–Crippen MR) is 71.7 cm³/mol. The summed E-state index contributed by atoms with van der Waals surface area (Å²) < 4.78 is 22.1. The van der Waals surface area contributed by atoms with Gasteiger partial charge in [-0.15, -0.1) is 0 Å². The molecule has 0 fully saturated rings. The first-order chi connectivity index (χ1) is 9.80. The molecule has 0 bridgehead atoms. The molecule has 3 N–H and O–H groups in total. The molecule has 1 aromatic heterocycles. The molecule has 0 saturated carbocycles. The zero-order valence-corrected chi connectivity index (χ0v) is 12.0. The van der Waals surface area contributed by atoms with Crippen molar-refractivity contribution in [1.82, 2.24) is 9.55 Å². The summed E-state index contributed by atoms with van der Waals surface area (Å²) in [6, 6.07) is 0. The molecule has 2 heterocycles. The highest BCUT2D eigenvalue weighted by atomic mass is 31.2. The molecule has 0 saturated heterocycles. The van der Waals surface area contributed by atoms with Crippen molar-refractivity contribution in [3.05, 3.63) is 44.8 Å². The van der Waals surface area contributed by atoms with Gasteiger partial charge in [0, 0.05) is 11.8 Å². The van der Waals surface area contributed by atoms with E-state index in [-0.39, 0.29) is 0 Å². The molecule has 10 heteroatoms. The van der Waals surface area contributed by atoms with Crippen LogP contribution in [0.15, 0.2) is 27.9 Å². The van der Waals surface area contributed by atoms with E-state index in [1.54, 1.807) is 6.92 Å². The van der Waals surface area contributed by atoms with Gasteiger partial charge in [0.05, 0.1) is 0 Å². The van der Waals surface area contributed by atoms with Crippen LogP contribution in [-0.2, 0) is 20.5 Å². The molecule has 1 aliphatic rings. The molecule has 0 unspecified atom stereocenters. The zero-order valence-electron chi connectivity index (χ0n) is 11.1. The van der Waals surface area contributed by atoms with Crippen molar-refractivity contribution < 1.29 is 23.8 Å². The fourth-order valence-electron chi connectivity index (χ4n) is 1.81. The summed E-state index contributed by atoms with van der Waals surface area (Å²) in [5.41, 5.74) is -0.663. The van der Waals surface area contributed by atoms with Gasteiger partial charge in [-0.2, -0.15) is 0 Å². The van der Waals surface area contributed by atoms with Gasteiger partial charge in [0.25, 0.3) is 5.56 Å². The largest absolute Gasteiger partial charge is 0.351 e. The lowest BCUT2D eigenvalue weighted by Gasteiger charge is -2.17. The lowest BCUT2D eigenvalue weighted by atomic mass is 10.2. The van der Waals surface area contributed by atoms with E-state index in [1.165, 1.54) is 22.9 Å². The quantitative estimate of drug-likeness (QED) is 0.500. The Hall–Kier alpha value is -1.51. The predicted octanol–water partition coefficient (Wildman–Crippen LogP) is -0.338. The average Bonchev–Trinajstić information content (AvgIpc) is 2.84. The van der Waals surface area contributed by atoms with Gasteiger partial charge >= 0.3 is 13.3 Å². The van der Waals surface area contributed by atoms with Crippen LogP contribution in [0.4, 0.5) is 0 Å². The fourth-order valence-corrected chi connectivity index (χ4v) is 2.15. The van der Waals surface area contributed by atoms with E-state index >= 15 is 0 Å². The van der Waals surface area contributed by atoms with Crippen molar-refractivity contribution in [1.29, 1.82) is 0 Å². The summed E-state index contributed by atoms with van der Waals surface area (Å²) in [6.45, 7) is 1.77. The Balaban J connectivity index is 2.12. The van der Waals surface area contributed by atoms with Crippen molar-refractivity contribution in [3.8, 4) is 0 Å². The molecule has 1 aliphatic heterocycles. The highest BCUT2D eigenvalue weighted by molar-refractivity contribution is 7.51. The standard InChI is InChI=1S/C11H15N2O7P/c1-2-7-5-13(11(15)12-10(7)14)8-3-4-9(20-8)19-6-21(16,17)18/h3-5,8-9H,2,6H2,1H3,(H,12,14,15)(H2,16,17,18)/t8-,9+/m1/s1. The summed E-state index contributed by atoms with van der Waals surface area (Å²) in [6.07, 6.45) is 2.22. The SMILES string of the molecule is CCc1cn([C@H]2C=C[C@@H](OCP(=O)(O)O)O2)c(=O)[nH]c1=O. The maximum absolute atomic E-state index is 11.7. The maximum Gasteiger partial charge on any atom is 0.351 e. The Morgan fingerprint density at radius 1 is 1.43 bits per heavy atom. The van der Waals surface area contributed by atoms with E-state index in [9.17, 15) is 14.2 Å². The first kappa shape index (κ1) is 15.9. The Labute approximate surface area is 119 Å². The average molecular weight is 318 g/mol. The van der Waals surface area contributed by atoms with Crippen molar-refractivity contribution >= 4 is 7.60 Å². The molecule has 9 nitrogen and oxygen atoms in total. The van der Waals surface area contributed by atoms with E-state index in [2.05, 4.69) is 4.98 Å². The van der Waals surface area contributed by atoms with Crippen LogP contribution in [0.2, 0.25) is 0 Å². The first-order valence-corrected chi connectivity index (χ1v) is 7.94. The van der Waals surface area contributed by atoms with Gasteiger partial charge < -0.3 is 19.3 Å². The molecule has 0 radical (unpaired) electrons. The summed E-state index contributed by atoms with van der Waals surface area (Å²) in [5.74, 6) is 0. The molecule has 0 aromatic carbocycles. The van der Waals surface area contributed by atoms with Crippen LogP contribution in [0, 0.1) is 0 Å². The lowest BCUT2D eigenvalue weighted by Crippen LogP contribution is -2.34. The van der Waals surface area contributed by atoms with Crippen LogP contribution in [0.1, 0.15) is 18.7 Å². The number of aryl methyl sites for hydroxylation is 1. The van der Waals surface area contributed by atoms with Gasteiger partial charge in [0.1, 0.15) is 0 Å². The minimum absolute atomic E-state index is 0.422. The monoisotopic (exact) mass is 318 g/mol. The highest BCUT2D eigenvalue weighted by Crippen LogP contribution is 2.35. The number of hydrogen-bond acceptors (Lipinski definition) is 5. The number of nitrogens with one attached hydrogen (secondary N) is 1. The van der Waals surface area contributed by atoms with Gasteiger partial charge in [-0.05, 0) is 18.6 Å². The van der Waals surface area contributed by atoms with E-state index in [1.807, 2.05) is 0 Å². The van der Waals surface area contributed by atoms with Crippen LogP contribution in [0.25, 0.3) is 0 Å². The smallest absolute Gasteiger partial charge is 0.336 e. The highest BCUT2D eigenvalue weighted by Gasteiger charge is 2.25. The lowest BCUT2D eigenvalue weighted by molar-refractivity contribution is -0.127. The second-order valence-electron chi connectivity index (χ2n) is 4.41. The molecule has 0 spiro atoms. The minimum Gasteiger partial charge on any atom is -0.336 e. The van der Waals surface area contributed by atoms with E-state index in [0.29, 0.717) is 12.0 Å². The van der Waals surface area contributed by atoms with Crippen LogP contribution in [-0.4, -0.2) is 32.0 Å². The van der Waals surface area contributed by atoms with E-state index in [0.717, 1.165) is 0 Å². The van der Waals surface area contributed by atoms with Crippen LogP contribution in [0.5, 0.6) is 0 Å². The maximum atomic E-state index is 11.7. The zero-order chi connectivity index (χ0) is 15.6. The molecule has 0 amide bonds. The van der Waals surface area contributed by atoms with Crippen molar-refractivity contribution in [2.24, 2.45) is 0 Å². The van der Waals surface area contributed by atoms with Crippen molar-refractivity contribution in [2.45, 2.75) is 25.9 Å². The molecule has 0 aliphatic carbocycles. The fraction of sp³-hybridized carbons (Fsp3) is 0.455. The Morgan fingerprint density at radius 3 is 2.76 bits per heavy atom. The second kappa shape index (κ2) is 6.08. The molecule has 2 rings (SSSR count). The first-order valence-electron chi connectivity index (χ1n) is 6.14. The van der Waals surface area contributed by atoms with Crippen molar-refractivity contribution in [3.63, 3.8) is 0 Å². The van der Waals surface area contributed by atoms with Crippen molar-refractivity contribution in [2.75, 3.05) is 6.35 Å². The van der Waals surface area contributed by atoms with Gasteiger partial charge in [-0.1, -0.05) is 6.92 Å². The normalized spacial score (nSPS) is 21.9. The third-order valence-electron chi connectivity index (χ3n) is 2.81. The molecule has 2 atom stereocenters. The molecule has 21 heavy (non-hydrogen) atoms. The molecule has 1 aromatic rings. The Kier molecular flexibility index (Phi) is 4.60. The topological polar surface area (TPSA) is 131 Å². The van der Waals surface area contributed by atoms with Crippen LogP contribution >= 0.6 is 7.60 Å². The Bertz CT molecular complexity index is 701. The number of ether oxygens (including phenoxy) is 2. The van der Waals surface area contributed by atoms with Gasteiger partial charge in [-0.25, -0.2) is 4.79 Å². The van der Waals surface area contributed by atoms with Gasteiger partial charge in [0.2, 0.25) is 0 Å². The molecular weight excluding hydrogens is 303 g/mol. The summed E-state index contributed by atoms with van der Waals surface area (Å²) >= 11 is 0. The minimum atomic E-state index is -4.29. The third-order valence-corrected chi connectivity index (χ3v) is 3.30. The number of rotatable bonds is 5. The third kappa shape index (κ3) is 3.99. The molecule has 116 valence electrons. The summed E-state index contributed by atoms with van der Waals surface area (Å²) in [5, 5.41) is 0. The van der Waals surface area contributed by atoms with E-state index in [4.69, 9.17) is 19.3 Å². The van der Waals surface area contributed by atoms with Gasteiger partial charge in [-0.3, -0.25) is 18.9 Å². The number of nitrogens with zero attached hydrogens (tertiary/aromatic N) is 1. The number of aromatic amines is 1. The van der Waals surface area contributed by atoms with Crippen LogP contribution in [0.3, 0.4) is 0 Å². The number of aromatic nitrogens is 2.